The van der Waals surface area contributed by atoms with E-state index < -0.39 is 0 Å². The van der Waals surface area contributed by atoms with Crippen LogP contribution in [0.5, 0.6) is 11.5 Å². The summed E-state index contributed by atoms with van der Waals surface area (Å²) in [5, 5.41) is 0. The van der Waals surface area contributed by atoms with Crippen molar-refractivity contribution < 1.29 is 14.3 Å². The lowest BCUT2D eigenvalue weighted by Gasteiger charge is -2.23. The number of hydrogen-bond acceptors (Lipinski definition) is 3. The maximum atomic E-state index is 12.7. The van der Waals surface area contributed by atoms with Crippen molar-refractivity contribution in [2.75, 3.05) is 27.3 Å². The molecule has 1 saturated heterocycles. The van der Waals surface area contributed by atoms with Crippen LogP contribution in [0.15, 0.2) is 18.2 Å². The molecule has 0 bridgehead atoms. The summed E-state index contributed by atoms with van der Waals surface area (Å²) in [5.74, 6) is 1.70. The van der Waals surface area contributed by atoms with Crippen LogP contribution in [-0.2, 0) is 10.2 Å². The number of carbonyl (C=O) groups excluding carboxylic acids is 1. The number of benzene rings is 1. The highest BCUT2D eigenvalue weighted by Crippen LogP contribution is 2.51. The van der Waals surface area contributed by atoms with Crippen molar-refractivity contribution in [3.63, 3.8) is 0 Å². The molecular weight excluding hydrogens is 254 g/mol. The van der Waals surface area contributed by atoms with Crippen LogP contribution in [0.25, 0.3) is 0 Å². The van der Waals surface area contributed by atoms with Gasteiger partial charge in [-0.1, -0.05) is 6.07 Å². The number of amides is 1. The average molecular weight is 275 g/mol. The van der Waals surface area contributed by atoms with Crippen LogP contribution < -0.4 is 9.47 Å². The second-order valence-corrected chi connectivity index (χ2v) is 5.65. The van der Waals surface area contributed by atoms with Crippen LogP contribution >= 0.6 is 0 Å². The quantitative estimate of drug-likeness (QED) is 0.846. The molecule has 108 valence electrons. The van der Waals surface area contributed by atoms with E-state index in [1.807, 2.05) is 23.1 Å². The maximum Gasteiger partial charge on any atom is 0.233 e. The molecule has 1 aliphatic heterocycles. The van der Waals surface area contributed by atoms with Gasteiger partial charge in [0.25, 0.3) is 0 Å². The zero-order chi connectivity index (χ0) is 14.2. The fourth-order valence-corrected chi connectivity index (χ4v) is 3.11. The van der Waals surface area contributed by atoms with Gasteiger partial charge in [-0.3, -0.25) is 4.79 Å². The largest absolute Gasteiger partial charge is 0.493 e. The van der Waals surface area contributed by atoms with E-state index in [4.69, 9.17) is 9.47 Å². The number of rotatable bonds is 4. The molecule has 0 atom stereocenters. The van der Waals surface area contributed by atoms with E-state index in [0.717, 1.165) is 44.3 Å². The van der Waals surface area contributed by atoms with Crippen LogP contribution in [0, 0.1) is 0 Å². The molecule has 20 heavy (non-hydrogen) atoms. The second-order valence-electron chi connectivity index (χ2n) is 5.65. The first-order valence-electron chi connectivity index (χ1n) is 7.23. The van der Waals surface area contributed by atoms with Gasteiger partial charge in [0.15, 0.2) is 11.5 Å². The maximum absolute atomic E-state index is 12.7. The van der Waals surface area contributed by atoms with Crippen LogP contribution in [0.2, 0.25) is 0 Å². The molecule has 2 fully saturated rings. The lowest BCUT2D eigenvalue weighted by Crippen LogP contribution is -2.37. The van der Waals surface area contributed by atoms with Gasteiger partial charge in [-0.05, 0) is 43.4 Å². The Bertz CT molecular complexity index is 516. The minimum Gasteiger partial charge on any atom is -0.493 e. The summed E-state index contributed by atoms with van der Waals surface area (Å²) in [4.78, 5) is 14.8. The number of carbonyl (C=O) groups is 1. The monoisotopic (exact) mass is 275 g/mol. The molecule has 2 aliphatic rings. The third-order valence-electron chi connectivity index (χ3n) is 4.49. The highest BCUT2D eigenvalue weighted by molar-refractivity contribution is 5.91. The highest BCUT2D eigenvalue weighted by Gasteiger charge is 2.53. The molecule has 1 amide bonds. The Labute approximate surface area is 119 Å². The number of hydrogen-bond donors (Lipinski definition) is 0. The second kappa shape index (κ2) is 5.00. The van der Waals surface area contributed by atoms with E-state index >= 15 is 0 Å². The molecule has 0 radical (unpaired) electrons. The SMILES string of the molecule is COc1ccc(C2(C(=O)N3CCCC3)CC2)cc1OC. The molecule has 1 aliphatic carbocycles. The Morgan fingerprint density at radius 3 is 2.30 bits per heavy atom. The predicted octanol–water partition coefficient (Wildman–Crippen LogP) is 2.36. The van der Waals surface area contributed by atoms with Crippen molar-refractivity contribution in [2.45, 2.75) is 31.1 Å². The van der Waals surface area contributed by atoms with E-state index in [0.29, 0.717) is 17.4 Å². The lowest BCUT2D eigenvalue weighted by molar-refractivity contribution is -0.132. The Balaban J connectivity index is 1.89. The molecule has 1 saturated carbocycles. The molecule has 1 aromatic rings. The zero-order valence-electron chi connectivity index (χ0n) is 12.1. The minimum atomic E-state index is -0.302. The summed E-state index contributed by atoms with van der Waals surface area (Å²) in [6.07, 6.45) is 4.15. The molecule has 4 nitrogen and oxygen atoms in total. The molecule has 0 N–H and O–H groups in total. The zero-order valence-corrected chi connectivity index (χ0v) is 12.1. The number of likely N-dealkylation sites (tertiary alicyclic amines) is 1. The van der Waals surface area contributed by atoms with Gasteiger partial charge in [-0.25, -0.2) is 0 Å². The van der Waals surface area contributed by atoms with Crippen LogP contribution in [0.1, 0.15) is 31.2 Å². The molecule has 0 unspecified atom stereocenters. The summed E-state index contributed by atoms with van der Waals surface area (Å²) >= 11 is 0. The van der Waals surface area contributed by atoms with Gasteiger partial charge >= 0.3 is 0 Å². The Morgan fingerprint density at radius 2 is 1.75 bits per heavy atom. The number of ether oxygens (including phenoxy) is 2. The standard InChI is InChI=1S/C16H21NO3/c1-19-13-6-5-12(11-14(13)20-2)16(7-8-16)15(18)17-9-3-4-10-17/h5-6,11H,3-4,7-10H2,1-2H3. The molecular formula is C16H21NO3. The molecule has 1 heterocycles. The lowest BCUT2D eigenvalue weighted by atomic mass is 9.94. The normalized spacial score (nSPS) is 19.8. The smallest absolute Gasteiger partial charge is 0.233 e. The fraction of sp³-hybridized carbons (Fsp3) is 0.562. The first kappa shape index (κ1) is 13.3. The Morgan fingerprint density at radius 1 is 1.10 bits per heavy atom. The van der Waals surface area contributed by atoms with E-state index in [-0.39, 0.29) is 5.41 Å². The highest BCUT2D eigenvalue weighted by atomic mass is 16.5. The van der Waals surface area contributed by atoms with Crippen LogP contribution in [0.4, 0.5) is 0 Å². The van der Waals surface area contributed by atoms with Gasteiger partial charge < -0.3 is 14.4 Å². The first-order chi connectivity index (χ1) is 9.71. The van der Waals surface area contributed by atoms with E-state index in [1.54, 1.807) is 14.2 Å². The number of methoxy groups -OCH3 is 2. The molecule has 4 heteroatoms. The summed E-state index contributed by atoms with van der Waals surface area (Å²) in [6, 6.07) is 5.85. The van der Waals surface area contributed by atoms with Gasteiger partial charge in [0.05, 0.1) is 19.6 Å². The summed E-state index contributed by atoms with van der Waals surface area (Å²) in [5.41, 5.74) is 0.760. The third kappa shape index (κ3) is 2.03. The van der Waals surface area contributed by atoms with E-state index in [1.165, 1.54) is 0 Å². The van der Waals surface area contributed by atoms with Gasteiger partial charge in [0, 0.05) is 13.1 Å². The summed E-state index contributed by atoms with van der Waals surface area (Å²) in [7, 11) is 3.25. The summed E-state index contributed by atoms with van der Waals surface area (Å²) in [6.45, 7) is 1.82. The van der Waals surface area contributed by atoms with Crippen LogP contribution in [0.3, 0.4) is 0 Å². The number of nitrogens with zero attached hydrogens (tertiary/aromatic N) is 1. The Kier molecular flexibility index (Phi) is 3.32. The van der Waals surface area contributed by atoms with E-state index in [9.17, 15) is 4.79 Å². The van der Waals surface area contributed by atoms with Crippen molar-refractivity contribution in [2.24, 2.45) is 0 Å². The molecule has 0 spiro atoms. The molecule has 0 aromatic heterocycles. The minimum absolute atomic E-state index is 0.294. The van der Waals surface area contributed by atoms with Gasteiger partial charge in [0.2, 0.25) is 5.91 Å². The molecule has 1 aromatic carbocycles. The van der Waals surface area contributed by atoms with Crippen molar-refractivity contribution in [1.29, 1.82) is 0 Å². The van der Waals surface area contributed by atoms with Crippen LogP contribution in [-0.4, -0.2) is 38.1 Å². The molecule has 3 rings (SSSR count). The van der Waals surface area contributed by atoms with Crippen molar-refractivity contribution in [3.8, 4) is 11.5 Å². The van der Waals surface area contributed by atoms with Crippen molar-refractivity contribution in [1.82, 2.24) is 4.90 Å². The van der Waals surface area contributed by atoms with Gasteiger partial charge in [0.1, 0.15) is 0 Å². The van der Waals surface area contributed by atoms with E-state index in [2.05, 4.69) is 0 Å². The van der Waals surface area contributed by atoms with Crippen molar-refractivity contribution in [3.05, 3.63) is 23.8 Å². The van der Waals surface area contributed by atoms with Crippen molar-refractivity contribution >= 4 is 5.91 Å². The van der Waals surface area contributed by atoms with Gasteiger partial charge in [-0.15, -0.1) is 0 Å². The topological polar surface area (TPSA) is 38.8 Å². The summed E-state index contributed by atoms with van der Waals surface area (Å²) < 4.78 is 10.6. The predicted molar refractivity (Wildman–Crippen MR) is 76.3 cm³/mol. The fourth-order valence-electron chi connectivity index (χ4n) is 3.11. The average Bonchev–Trinajstić information content (AvgIpc) is 3.12. The Hall–Kier alpha value is -1.71. The van der Waals surface area contributed by atoms with Gasteiger partial charge in [-0.2, -0.15) is 0 Å². The third-order valence-corrected chi connectivity index (χ3v) is 4.49. The first-order valence-corrected chi connectivity index (χ1v) is 7.23.